The molecule has 2 aromatic heterocycles. The van der Waals surface area contributed by atoms with Crippen LogP contribution in [-0.2, 0) is 0 Å². The van der Waals surface area contributed by atoms with E-state index in [-0.39, 0.29) is 11.7 Å². The van der Waals surface area contributed by atoms with Crippen molar-refractivity contribution in [3.63, 3.8) is 0 Å². The van der Waals surface area contributed by atoms with Gasteiger partial charge in [0.05, 0.1) is 30.3 Å². The Balaban J connectivity index is 1.91. The maximum atomic E-state index is 14.1. The Kier molecular flexibility index (Phi) is 6.21. The highest BCUT2D eigenvalue weighted by Crippen LogP contribution is 2.24. The topological polar surface area (TPSA) is 73.1 Å². The number of aromatic nitrogens is 4. The molecule has 0 spiro atoms. The minimum Gasteiger partial charge on any atom is -0.494 e. The van der Waals surface area contributed by atoms with Gasteiger partial charge >= 0.3 is 0 Å². The van der Waals surface area contributed by atoms with E-state index in [9.17, 15) is 9.18 Å². The third kappa shape index (κ3) is 4.26. The maximum absolute atomic E-state index is 14.1. The molecule has 8 heteroatoms. The van der Waals surface area contributed by atoms with Gasteiger partial charge in [-0.2, -0.15) is 5.10 Å². The number of rotatable bonds is 7. The van der Waals surface area contributed by atoms with Gasteiger partial charge in [0.2, 0.25) is 0 Å². The van der Waals surface area contributed by atoms with Crippen molar-refractivity contribution in [2.45, 2.75) is 26.7 Å². The van der Waals surface area contributed by atoms with Crippen molar-refractivity contribution in [1.29, 1.82) is 0 Å². The Morgan fingerprint density at radius 3 is 2.79 bits per heavy atom. The molecule has 0 saturated heterocycles. The predicted molar refractivity (Wildman–Crippen MR) is 108 cm³/mol. The fraction of sp³-hybridized carbons (Fsp3) is 0.333. The average molecular weight is 397 g/mol. The number of nitrogens with zero attached hydrogens (tertiary/aromatic N) is 5. The number of carbonyl (C=O) groups is 1. The number of unbranched alkanes of at least 4 members (excludes halogenated alkanes) is 1. The van der Waals surface area contributed by atoms with Gasteiger partial charge in [0.1, 0.15) is 0 Å². The Bertz CT molecular complexity index is 1020. The molecular formula is C21H24FN5O2. The molecule has 0 N–H and O–H groups in total. The highest BCUT2D eigenvalue weighted by atomic mass is 19.1. The van der Waals surface area contributed by atoms with Crippen LogP contribution < -0.4 is 4.74 Å². The molecule has 0 aliphatic rings. The number of benzene rings is 1. The molecule has 0 bridgehead atoms. The summed E-state index contributed by atoms with van der Waals surface area (Å²) in [6, 6.07) is 6.32. The van der Waals surface area contributed by atoms with Gasteiger partial charge in [0.25, 0.3) is 11.9 Å². The zero-order valence-corrected chi connectivity index (χ0v) is 17.0. The second-order valence-electron chi connectivity index (χ2n) is 6.73. The summed E-state index contributed by atoms with van der Waals surface area (Å²) in [6.45, 7) is 4.58. The lowest BCUT2D eigenvalue weighted by atomic mass is 10.1. The summed E-state index contributed by atoms with van der Waals surface area (Å²) in [5, 5.41) is 4.30. The van der Waals surface area contributed by atoms with Gasteiger partial charge in [0, 0.05) is 25.4 Å². The molecule has 3 rings (SSSR count). The first kappa shape index (κ1) is 20.4. The molecule has 0 aliphatic heterocycles. The first-order chi connectivity index (χ1) is 14.0. The van der Waals surface area contributed by atoms with Crippen molar-refractivity contribution in [2.24, 2.45) is 0 Å². The number of methoxy groups -OCH3 is 1. The number of halogens is 1. The predicted octanol–water partition coefficient (Wildman–Crippen LogP) is 3.66. The summed E-state index contributed by atoms with van der Waals surface area (Å²) in [5.41, 5.74) is 2.29. The second kappa shape index (κ2) is 8.81. The van der Waals surface area contributed by atoms with Crippen molar-refractivity contribution < 1.29 is 13.9 Å². The molecule has 3 aromatic rings. The van der Waals surface area contributed by atoms with Crippen LogP contribution in [0.15, 0.2) is 36.7 Å². The number of amides is 1. The molecule has 1 aromatic carbocycles. The van der Waals surface area contributed by atoms with Gasteiger partial charge in [-0.1, -0.05) is 13.3 Å². The van der Waals surface area contributed by atoms with E-state index in [1.54, 1.807) is 43.3 Å². The Labute approximate surface area is 169 Å². The molecule has 0 saturated carbocycles. The van der Waals surface area contributed by atoms with Gasteiger partial charge in [0.15, 0.2) is 11.6 Å². The Morgan fingerprint density at radius 2 is 2.10 bits per heavy atom. The van der Waals surface area contributed by atoms with Crippen molar-refractivity contribution in [3.8, 4) is 23.0 Å². The smallest absolute Gasteiger partial charge is 0.257 e. The highest BCUT2D eigenvalue weighted by molar-refractivity contribution is 5.95. The maximum Gasteiger partial charge on any atom is 0.257 e. The van der Waals surface area contributed by atoms with Crippen LogP contribution in [0.1, 0.15) is 35.8 Å². The van der Waals surface area contributed by atoms with Crippen LogP contribution in [-0.4, -0.2) is 51.3 Å². The lowest BCUT2D eigenvalue weighted by Crippen LogP contribution is -2.28. The first-order valence-corrected chi connectivity index (χ1v) is 9.43. The van der Waals surface area contributed by atoms with E-state index in [2.05, 4.69) is 22.0 Å². The zero-order valence-electron chi connectivity index (χ0n) is 17.0. The standard InChI is InChI=1S/C21H24FN5O2/c1-5-6-11-26(3)20(28)16-13-24-27(14(16)2)21-23-10-9-18(25-21)15-7-8-19(29-4)17(22)12-15/h7-10,12-13H,5-6,11H2,1-4H3. The molecular weight excluding hydrogens is 373 g/mol. The molecule has 0 unspecified atom stereocenters. The highest BCUT2D eigenvalue weighted by Gasteiger charge is 2.19. The van der Waals surface area contributed by atoms with E-state index in [1.807, 2.05) is 0 Å². The first-order valence-electron chi connectivity index (χ1n) is 9.43. The van der Waals surface area contributed by atoms with Gasteiger partial charge in [-0.05, 0) is 37.6 Å². The van der Waals surface area contributed by atoms with Gasteiger partial charge in [-0.15, -0.1) is 0 Å². The van der Waals surface area contributed by atoms with E-state index < -0.39 is 5.82 Å². The lowest BCUT2D eigenvalue weighted by molar-refractivity contribution is 0.0792. The van der Waals surface area contributed by atoms with E-state index in [0.29, 0.717) is 35.0 Å². The SMILES string of the molecule is CCCCN(C)C(=O)c1cnn(-c2nccc(-c3ccc(OC)c(F)c3)n2)c1C. The summed E-state index contributed by atoms with van der Waals surface area (Å²) in [7, 11) is 3.20. The summed E-state index contributed by atoms with van der Waals surface area (Å²) < 4.78 is 20.5. The summed E-state index contributed by atoms with van der Waals surface area (Å²) in [4.78, 5) is 23.1. The third-order valence-electron chi connectivity index (χ3n) is 4.71. The summed E-state index contributed by atoms with van der Waals surface area (Å²) in [5.74, 6) is -0.0770. The second-order valence-corrected chi connectivity index (χ2v) is 6.73. The third-order valence-corrected chi connectivity index (χ3v) is 4.71. The van der Waals surface area contributed by atoms with E-state index in [0.717, 1.165) is 12.8 Å². The molecule has 7 nitrogen and oxygen atoms in total. The van der Waals surface area contributed by atoms with E-state index >= 15 is 0 Å². The minimum atomic E-state index is -0.469. The van der Waals surface area contributed by atoms with Gasteiger partial charge in [-0.25, -0.2) is 19.0 Å². The lowest BCUT2D eigenvalue weighted by Gasteiger charge is -2.16. The average Bonchev–Trinajstić information content (AvgIpc) is 3.12. The van der Waals surface area contributed by atoms with Crippen LogP contribution in [0.5, 0.6) is 5.75 Å². The number of ether oxygens (including phenoxy) is 1. The fourth-order valence-electron chi connectivity index (χ4n) is 2.96. The number of carbonyl (C=O) groups excluding carboxylic acids is 1. The summed E-state index contributed by atoms with van der Waals surface area (Å²) in [6.07, 6.45) is 5.07. The fourth-order valence-corrected chi connectivity index (χ4v) is 2.96. The number of hydrogen-bond donors (Lipinski definition) is 0. The Morgan fingerprint density at radius 1 is 1.31 bits per heavy atom. The molecule has 0 fully saturated rings. The molecule has 29 heavy (non-hydrogen) atoms. The van der Waals surface area contributed by atoms with Crippen LogP contribution in [0.2, 0.25) is 0 Å². The molecule has 152 valence electrons. The molecule has 0 radical (unpaired) electrons. The van der Waals surface area contributed by atoms with E-state index in [4.69, 9.17) is 4.74 Å². The van der Waals surface area contributed by atoms with Crippen molar-refractivity contribution in [2.75, 3.05) is 20.7 Å². The molecule has 1 amide bonds. The molecule has 0 atom stereocenters. The molecule has 0 aliphatic carbocycles. The van der Waals surface area contributed by atoms with Crippen LogP contribution >= 0.6 is 0 Å². The molecule has 2 heterocycles. The van der Waals surface area contributed by atoms with Crippen LogP contribution in [0.4, 0.5) is 4.39 Å². The van der Waals surface area contributed by atoms with Crippen LogP contribution in [0.25, 0.3) is 17.2 Å². The number of hydrogen-bond acceptors (Lipinski definition) is 5. The largest absolute Gasteiger partial charge is 0.494 e. The van der Waals surface area contributed by atoms with Gasteiger partial charge < -0.3 is 9.64 Å². The van der Waals surface area contributed by atoms with Crippen LogP contribution in [0, 0.1) is 12.7 Å². The van der Waals surface area contributed by atoms with Gasteiger partial charge in [-0.3, -0.25) is 4.79 Å². The zero-order chi connectivity index (χ0) is 21.0. The van der Waals surface area contributed by atoms with E-state index in [1.165, 1.54) is 24.1 Å². The van der Waals surface area contributed by atoms with Crippen LogP contribution in [0.3, 0.4) is 0 Å². The monoisotopic (exact) mass is 397 g/mol. The Hall–Kier alpha value is -3.29. The normalized spacial score (nSPS) is 10.8. The van der Waals surface area contributed by atoms with Crippen molar-refractivity contribution in [1.82, 2.24) is 24.6 Å². The summed E-state index contributed by atoms with van der Waals surface area (Å²) >= 11 is 0. The van der Waals surface area contributed by atoms with Crippen molar-refractivity contribution >= 4 is 5.91 Å². The van der Waals surface area contributed by atoms with Crippen molar-refractivity contribution in [3.05, 3.63) is 53.7 Å². The quantitative estimate of drug-likeness (QED) is 0.608. The minimum absolute atomic E-state index is 0.0874.